The van der Waals surface area contributed by atoms with Crippen LogP contribution in [0.1, 0.15) is 15.9 Å². The first-order valence-electron chi connectivity index (χ1n) is 8.09. The fourth-order valence-electron chi connectivity index (χ4n) is 2.45. The van der Waals surface area contributed by atoms with Gasteiger partial charge in [0.25, 0.3) is 17.1 Å². The van der Waals surface area contributed by atoms with Gasteiger partial charge in [-0.1, -0.05) is 39.7 Å². The van der Waals surface area contributed by atoms with Crippen LogP contribution in [0.15, 0.2) is 51.8 Å². The molecule has 28 heavy (non-hydrogen) atoms. The normalized spacial score (nSPS) is 15.4. The molecule has 0 spiro atoms. The van der Waals surface area contributed by atoms with Crippen molar-refractivity contribution in [3.8, 4) is 0 Å². The third kappa shape index (κ3) is 4.81. The van der Waals surface area contributed by atoms with Crippen LogP contribution in [0.2, 0.25) is 5.02 Å². The van der Waals surface area contributed by atoms with Crippen LogP contribution >= 0.6 is 39.3 Å². The maximum Gasteiger partial charge on any atom is 0.293 e. The van der Waals surface area contributed by atoms with Gasteiger partial charge in [0.2, 0.25) is 0 Å². The molecule has 0 saturated carbocycles. The Labute approximate surface area is 178 Å². The average Bonchev–Trinajstić information content (AvgIpc) is 2.92. The molecule has 1 aliphatic heterocycles. The molecule has 0 atom stereocenters. The van der Waals surface area contributed by atoms with Crippen LogP contribution in [-0.2, 0) is 4.79 Å². The third-order valence-corrected chi connectivity index (χ3v) is 5.57. The number of amides is 3. The van der Waals surface area contributed by atoms with Crippen molar-refractivity contribution in [2.45, 2.75) is 0 Å². The Kier molecular flexibility index (Phi) is 6.53. The molecule has 0 radical (unpaired) electrons. The van der Waals surface area contributed by atoms with Gasteiger partial charge in [-0.15, -0.1) is 0 Å². The van der Waals surface area contributed by atoms with Crippen molar-refractivity contribution >= 4 is 62.4 Å². The van der Waals surface area contributed by atoms with Crippen LogP contribution in [0, 0.1) is 5.82 Å². The highest BCUT2D eigenvalue weighted by molar-refractivity contribution is 9.10. The van der Waals surface area contributed by atoms with E-state index in [4.69, 9.17) is 11.6 Å². The lowest BCUT2D eigenvalue weighted by Crippen LogP contribution is -2.37. The summed E-state index contributed by atoms with van der Waals surface area (Å²) in [5.74, 6) is -1.24. The van der Waals surface area contributed by atoms with Crippen LogP contribution in [0.5, 0.6) is 0 Å². The van der Waals surface area contributed by atoms with Gasteiger partial charge in [-0.3, -0.25) is 19.3 Å². The maximum atomic E-state index is 13.0. The molecule has 0 bridgehead atoms. The second-order valence-electron chi connectivity index (χ2n) is 5.76. The van der Waals surface area contributed by atoms with Crippen molar-refractivity contribution in [1.82, 2.24) is 10.2 Å². The highest BCUT2D eigenvalue weighted by Crippen LogP contribution is 2.32. The second-order valence-corrected chi connectivity index (χ2v) is 8.08. The molecule has 3 rings (SSSR count). The zero-order valence-electron chi connectivity index (χ0n) is 14.2. The smallest absolute Gasteiger partial charge is 0.293 e. The number of nitrogens with zero attached hydrogens (tertiary/aromatic N) is 1. The number of hydrogen-bond donors (Lipinski definition) is 1. The molecule has 1 fully saturated rings. The summed E-state index contributed by atoms with van der Waals surface area (Å²) in [7, 11) is 0. The van der Waals surface area contributed by atoms with Gasteiger partial charge >= 0.3 is 0 Å². The van der Waals surface area contributed by atoms with E-state index >= 15 is 0 Å². The molecule has 144 valence electrons. The van der Waals surface area contributed by atoms with Gasteiger partial charge in [0.15, 0.2) is 0 Å². The molecule has 1 saturated heterocycles. The Morgan fingerprint density at radius 3 is 2.64 bits per heavy atom. The van der Waals surface area contributed by atoms with Crippen molar-refractivity contribution in [2.75, 3.05) is 13.1 Å². The van der Waals surface area contributed by atoms with Crippen molar-refractivity contribution < 1.29 is 18.8 Å². The Morgan fingerprint density at radius 1 is 1.21 bits per heavy atom. The Morgan fingerprint density at radius 2 is 1.93 bits per heavy atom. The predicted octanol–water partition coefficient (Wildman–Crippen LogP) is 4.71. The molecule has 5 nitrogen and oxygen atoms in total. The van der Waals surface area contributed by atoms with Crippen LogP contribution in [0.3, 0.4) is 0 Å². The summed E-state index contributed by atoms with van der Waals surface area (Å²) >= 11 is 10.1. The van der Waals surface area contributed by atoms with Gasteiger partial charge in [0.1, 0.15) is 5.82 Å². The molecule has 9 heteroatoms. The number of thioether (sulfide) groups is 1. The predicted molar refractivity (Wildman–Crippen MR) is 111 cm³/mol. The summed E-state index contributed by atoms with van der Waals surface area (Å²) in [5.41, 5.74) is 0.908. The molecule has 1 heterocycles. The van der Waals surface area contributed by atoms with Gasteiger partial charge in [0.05, 0.1) is 15.5 Å². The molecule has 3 amide bonds. The second kappa shape index (κ2) is 8.89. The quantitative estimate of drug-likeness (QED) is 0.626. The lowest BCUT2D eigenvalue weighted by molar-refractivity contribution is -0.122. The minimum Gasteiger partial charge on any atom is -0.350 e. The number of imide groups is 1. The van der Waals surface area contributed by atoms with Crippen molar-refractivity contribution in [3.05, 3.63) is 73.8 Å². The van der Waals surface area contributed by atoms with Gasteiger partial charge < -0.3 is 5.32 Å². The van der Waals surface area contributed by atoms with E-state index in [1.807, 2.05) is 0 Å². The highest BCUT2D eigenvalue weighted by atomic mass is 79.9. The fraction of sp³-hybridized carbons (Fsp3) is 0.105. The zero-order valence-corrected chi connectivity index (χ0v) is 17.4. The zero-order chi connectivity index (χ0) is 20.3. The summed E-state index contributed by atoms with van der Waals surface area (Å²) < 4.78 is 13.7. The monoisotopic (exact) mass is 482 g/mol. The number of halogens is 3. The molecular formula is C19H13BrClFN2O3S. The standard InChI is InChI=1S/C19H13BrClFN2O3S/c20-12-3-6-15(21)14(10-12)17(25)23-7-8-24-18(26)16(28-19(24)27)9-11-1-4-13(22)5-2-11/h1-6,9-10H,7-8H2,(H,23,25). The number of benzene rings is 2. The fourth-order valence-corrected chi connectivity index (χ4v) is 3.88. The number of carbonyl (C=O) groups excluding carboxylic acids is 3. The van der Waals surface area contributed by atoms with Crippen molar-refractivity contribution in [2.24, 2.45) is 0 Å². The Hall–Kier alpha value is -2.16. The number of hydrogen-bond acceptors (Lipinski definition) is 4. The van der Waals surface area contributed by atoms with E-state index in [2.05, 4.69) is 21.2 Å². The first-order valence-corrected chi connectivity index (χ1v) is 10.1. The summed E-state index contributed by atoms with van der Waals surface area (Å²) in [4.78, 5) is 38.1. The minimum atomic E-state index is -0.450. The Bertz CT molecular complexity index is 982. The van der Waals surface area contributed by atoms with E-state index in [1.54, 1.807) is 18.2 Å². The van der Waals surface area contributed by atoms with E-state index in [9.17, 15) is 18.8 Å². The number of nitrogens with one attached hydrogen (secondary N) is 1. The molecule has 1 aliphatic rings. The first-order chi connectivity index (χ1) is 13.3. The topological polar surface area (TPSA) is 66.5 Å². The van der Waals surface area contributed by atoms with E-state index < -0.39 is 17.1 Å². The van der Waals surface area contributed by atoms with Crippen molar-refractivity contribution in [1.29, 1.82) is 0 Å². The molecular weight excluding hydrogens is 471 g/mol. The average molecular weight is 484 g/mol. The highest BCUT2D eigenvalue weighted by Gasteiger charge is 2.34. The number of rotatable bonds is 5. The van der Waals surface area contributed by atoms with Crippen LogP contribution in [0.4, 0.5) is 9.18 Å². The van der Waals surface area contributed by atoms with Gasteiger partial charge in [-0.2, -0.15) is 0 Å². The maximum absolute atomic E-state index is 13.0. The van der Waals surface area contributed by atoms with E-state index in [0.717, 1.165) is 16.7 Å². The van der Waals surface area contributed by atoms with E-state index in [-0.39, 0.29) is 23.8 Å². The van der Waals surface area contributed by atoms with Gasteiger partial charge in [-0.25, -0.2) is 4.39 Å². The lowest BCUT2D eigenvalue weighted by atomic mass is 10.2. The summed E-state index contributed by atoms with van der Waals surface area (Å²) in [6.07, 6.45) is 1.53. The summed E-state index contributed by atoms with van der Waals surface area (Å²) in [6, 6.07) is 10.5. The lowest BCUT2D eigenvalue weighted by Gasteiger charge is -2.13. The molecule has 0 aromatic heterocycles. The largest absolute Gasteiger partial charge is 0.350 e. The van der Waals surface area contributed by atoms with Crippen LogP contribution in [0.25, 0.3) is 6.08 Å². The summed E-state index contributed by atoms with van der Waals surface area (Å²) in [5, 5.41) is 2.52. The van der Waals surface area contributed by atoms with Gasteiger partial charge in [-0.05, 0) is 53.7 Å². The SMILES string of the molecule is O=C(NCCN1C(=O)SC(=Cc2ccc(F)cc2)C1=O)c1cc(Br)ccc1Cl. The molecule has 0 unspecified atom stereocenters. The summed E-state index contributed by atoms with van der Waals surface area (Å²) in [6.45, 7) is 0.117. The third-order valence-electron chi connectivity index (χ3n) is 3.84. The first kappa shape index (κ1) is 20.6. The molecule has 1 N–H and O–H groups in total. The van der Waals surface area contributed by atoms with E-state index in [0.29, 0.717) is 20.6 Å². The molecule has 2 aromatic carbocycles. The van der Waals surface area contributed by atoms with Crippen LogP contribution in [-0.4, -0.2) is 35.0 Å². The van der Waals surface area contributed by atoms with Crippen molar-refractivity contribution in [3.63, 3.8) is 0 Å². The van der Waals surface area contributed by atoms with E-state index in [1.165, 1.54) is 30.3 Å². The minimum absolute atomic E-state index is 0.0305. The van der Waals surface area contributed by atoms with Gasteiger partial charge in [0, 0.05) is 17.6 Å². The number of carbonyl (C=O) groups is 3. The van der Waals surface area contributed by atoms with Crippen LogP contribution < -0.4 is 5.32 Å². The Balaban J connectivity index is 1.61. The molecule has 0 aliphatic carbocycles. The molecule has 2 aromatic rings.